The Bertz CT molecular complexity index is 1250. The lowest BCUT2D eigenvalue weighted by Crippen LogP contribution is -2.19. The van der Waals surface area contributed by atoms with Crippen molar-refractivity contribution in [1.82, 2.24) is 19.2 Å². The molecule has 4 rings (SSSR count). The van der Waals surface area contributed by atoms with Crippen molar-refractivity contribution in [3.05, 3.63) is 57.5 Å². The summed E-state index contributed by atoms with van der Waals surface area (Å²) in [6.07, 6.45) is -0.0436. The zero-order valence-electron chi connectivity index (χ0n) is 15.0. The maximum atomic E-state index is 12.3. The third kappa shape index (κ3) is 3.68. The number of carbonyl (C=O) groups excluding carboxylic acids is 1. The summed E-state index contributed by atoms with van der Waals surface area (Å²) in [6, 6.07) is 7.52. The molecule has 3 aromatic heterocycles. The maximum Gasteiger partial charge on any atom is 0.387 e. The van der Waals surface area contributed by atoms with Gasteiger partial charge in [-0.2, -0.15) is 8.78 Å². The molecule has 0 radical (unpaired) electrons. The topological polar surface area (TPSA) is 87.7 Å². The average molecular weight is 420 g/mol. The molecule has 8 nitrogen and oxygen atoms in total. The van der Waals surface area contributed by atoms with Crippen LogP contribution in [0.15, 0.2) is 40.5 Å². The van der Waals surface area contributed by atoms with Gasteiger partial charge in [-0.3, -0.25) is 18.6 Å². The number of thiophene rings is 1. The smallest absolute Gasteiger partial charge is 0.387 e. The lowest BCUT2D eigenvalue weighted by atomic mass is 10.1. The van der Waals surface area contributed by atoms with Crippen molar-refractivity contribution in [3.63, 3.8) is 0 Å². The van der Waals surface area contributed by atoms with E-state index < -0.39 is 12.6 Å². The third-order valence-corrected chi connectivity index (χ3v) is 5.15. The van der Waals surface area contributed by atoms with Gasteiger partial charge in [-0.25, -0.2) is 0 Å². The average Bonchev–Trinajstić information content (AvgIpc) is 3.32. The zero-order chi connectivity index (χ0) is 20.5. The molecule has 0 aliphatic heterocycles. The van der Waals surface area contributed by atoms with Gasteiger partial charge in [-0.15, -0.1) is 21.5 Å². The fourth-order valence-corrected chi connectivity index (χ4v) is 3.75. The van der Waals surface area contributed by atoms with Crippen LogP contribution in [0.4, 0.5) is 8.78 Å². The zero-order valence-corrected chi connectivity index (χ0v) is 15.9. The number of esters is 1. The maximum absolute atomic E-state index is 12.3. The van der Waals surface area contributed by atoms with Gasteiger partial charge < -0.3 is 9.47 Å². The van der Waals surface area contributed by atoms with Crippen LogP contribution in [0, 0.1) is 0 Å². The predicted molar refractivity (Wildman–Crippen MR) is 100 cm³/mol. The van der Waals surface area contributed by atoms with Crippen LogP contribution in [-0.4, -0.2) is 31.7 Å². The van der Waals surface area contributed by atoms with E-state index in [0.29, 0.717) is 27.4 Å². The summed E-state index contributed by atoms with van der Waals surface area (Å²) in [7, 11) is 1.60. The second-order valence-corrected chi connectivity index (χ2v) is 7.03. The number of hydrogen-bond donors (Lipinski definition) is 0. The largest absolute Gasteiger partial charge is 0.457 e. The van der Waals surface area contributed by atoms with E-state index in [1.54, 1.807) is 22.9 Å². The van der Waals surface area contributed by atoms with Crippen LogP contribution in [0.2, 0.25) is 0 Å². The number of rotatable bonds is 6. The van der Waals surface area contributed by atoms with Gasteiger partial charge in [0.05, 0.1) is 11.9 Å². The Morgan fingerprint density at radius 1 is 1.21 bits per heavy atom. The fourth-order valence-electron chi connectivity index (χ4n) is 2.90. The van der Waals surface area contributed by atoms with Gasteiger partial charge in [0.15, 0.2) is 12.4 Å². The Balaban J connectivity index is 1.48. The first-order valence-corrected chi connectivity index (χ1v) is 9.31. The van der Waals surface area contributed by atoms with Crippen molar-refractivity contribution < 1.29 is 23.0 Å². The molecule has 11 heteroatoms. The normalized spacial score (nSPS) is 11.4. The third-order valence-electron chi connectivity index (χ3n) is 4.26. The molecule has 150 valence electrons. The number of ether oxygens (including phenoxy) is 2. The molecule has 0 aliphatic rings. The van der Waals surface area contributed by atoms with Gasteiger partial charge in [-0.05, 0) is 29.1 Å². The van der Waals surface area contributed by atoms with E-state index in [-0.39, 0.29) is 24.3 Å². The second-order valence-electron chi connectivity index (χ2n) is 6.11. The Hall–Kier alpha value is -3.34. The van der Waals surface area contributed by atoms with E-state index in [0.717, 1.165) is 0 Å². The van der Waals surface area contributed by atoms with Crippen molar-refractivity contribution >= 4 is 33.3 Å². The molecular formula is C18H14F2N4O4S. The van der Waals surface area contributed by atoms with Gasteiger partial charge in [0.2, 0.25) is 5.78 Å². The summed E-state index contributed by atoms with van der Waals surface area (Å²) in [4.78, 5) is 24.5. The molecule has 0 atom stereocenters. The van der Waals surface area contributed by atoms with Crippen LogP contribution < -0.4 is 10.3 Å². The predicted octanol–water partition coefficient (Wildman–Crippen LogP) is 2.53. The van der Waals surface area contributed by atoms with E-state index in [9.17, 15) is 18.4 Å². The Kier molecular flexibility index (Phi) is 4.97. The molecule has 0 amide bonds. The summed E-state index contributed by atoms with van der Waals surface area (Å²) < 4.78 is 37.5. The van der Waals surface area contributed by atoms with Crippen LogP contribution in [0.25, 0.3) is 16.0 Å². The highest BCUT2D eigenvalue weighted by Gasteiger charge is 2.17. The van der Waals surface area contributed by atoms with Crippen molar-refractivity contribution in [1.29, 1.82) is 0 Å². The monoisotopic (exact) mass is 420 g/mol. The van der Waals surface area contributed by atoms with Gasteiger partial charge in [0, 0.05) is 7.05 Å². The molecular weight excluding hydrogens is 406 g/mol. The first-order chi connectivity index (χ1) is 13.9. The van der Waals surface area contributed by atoms with Crippen molar-refractivity contribution in [2.24, 2.45) is 7.05 Å². The summed E-state index contributed by atoms with van der Waals surface area (Å²) in [5.41, 5.74) is 1.07. The van der Waals surface area contributed by atoms with Crippen LogP contribution in [0.5, 0.6) is 5.75 Å². The highest BCUT2D eigenvalue weighted by Crippen LogP contribution is 2.20. The number of nitrogens with zero attached hydrogens (tertiary/aromatic N) is 4. The number of aromatic nitrogens is 4. The van der Waals surface area contributed by atoms with E-state index in [1.165, 1.54) is 40.2 Å². The molecule has 0 saturated carbocycles. The molecule has 0 fully saturated rings. The molecule has 1 aromatic carbocycles. The lowest BCUT2D eigenvalue weighted by molar-refractivity contribution is -0.144. The molecule has 0 aliphatic carbocycles. The van der Waals surface area contributed by atoms with Crippen molar-refractivity contribution in [3.8, 4) is 5.75 Å². The van der Waals surface area contributed by atoms with Crippen LogP contribution in [0.3, 0.4) is 0 Å². The van der Waals surface area contributed by atoms with Crippen molar-refractivity contribution in [2.75, 3.05) is 0 Å². The summed E-state index contributed by atoms with van der Waals surface area (Å²) >= 11 is 1.31. The first-order valence-electron chi connectivity index (χ1n) is 8.43. The summed E-state index contributed by atoms with van der Waals surface area (Å²) in [5, 5.41) is 9.85. The van der Waals surface area contributed by atoms with Gasteiger partial charge in [-0.1, -0.05) is 12.1 Å². The number of fused-ring (bicyclic) bond motifs is 3. The summed E-state index contributed by atoms with van der Waals surface area (Å²) in [6.45, 7) is -3.03. The fraction of sp³-hybridized carbons (Fsp3) is 0.222. The minimum atomic E-state index is -2.90. The highest BCUT2D eigenvalue weighted by molar-refractivity contribution is 7.17. The molecule has 0 unspecified atom stereocenters. The quantitative estimate of drug-likeness (QED) is 0.446. The second kappa shape index (κ2) is 7.59. The minimum Gasteiger partial charge on any atom is -0.457 e. The molecule has 0 N–H and O–H groups in total. The number of hydrogen-bond acceptors (Lipinski definition) is 7. The van der Waals surface area contributed by atoms with Crippen LogP contribution in [0.1, 0.15) is 11.4 Å². The molecule has 0 saturated heterocycles. The van der Waals surface area contributed by atoms with E-state index >= 15 is 0 Å². The summed E-state index contributed by atoms with van der Waals surface area (Å²) in [5.74, 6) is 0.225. The van der Waals surface area contributed by atoms with Crippen molar-refractivity contribution in [2.45, 2.75) is 19.6 Å². The molecule has 0 bridgehead atoms. The van der Waals surface area contributed by atoms with E-state index in [1.807, 2.05) is 0 Å². The minimum absolute atomic E-state index is 0.0115. The Morgan fingerprint density at radius 2 is 1.97 bits per heavy atom. The Morgan fingerprint density at radius 3 is 2.69 bits per heavy atom. The Labute approximate surface area is 165 Å². The van der Waals surface area contributed by atoms with Gasteiger partial charge in [0.1, 0.15) is 10.4 Å². The van der Waals surface area contributed by atoms with E-state index in [2.05, 4.69) is 14.9 Å². The molecule has 0 spiro atoms. The number of alkyl halides is 2. The highest BCUT2D eigenvalue weighted by atomic mass is 32.1. The number of aryl methyl sites for hydroxylation is 1. The molecule has 29 heavy (non-hydrogen) atoms. The lowest BCUT2D eigenvalue weighted by Gasteiger charge is -2.07. The molecule has 3 heterocycles. The number of benzene rings is 1. The number of carbonyl (C=O) groups is 1. The van der Waals surface area contributed by atoms with Crippen LogP contribution in [-0.2, 0) is 29.6 Å². The first kappa shape index (κ1) is 19.0. The van der Waals surface area contributed by atoms with E-state index in [4.69, 9.17) is 4.74 Å². The van der Waals surface area contributed by atoms with Gasteiger partial charge >= 0.3 is 12.6 Å². The number of halogens is 2. The standard InChI is InChI=1S/C18H14F2N4O4S/c1-23-16(26)15-12(6-7-29-15)24-13(21-22-18(23)24)9-27-14(25)8-10-2-4-11(5-3-10)28-17(19)20/h2-7,17H,8-9H2,1H3. The molecule has 4 aromatic rings. The SMILES string of the molecule is Cn1c(=O)c2sccc2n2c(COC(=O)Cc3ccc(OC(F)F)cc3)nnc12. The van der Waals surface area contributed by atoms with Crippen LogP contribution >= 0.6 is 11.3 Å². The van der Waals surface area contributed by atoms with Gasteiger partial charge in [0.25, 0.3) is 5.56 Å².